The minimum absolute atomic E-state index is 0.165. The normalized spacial score (nSPS) is 11.4. The summed E-state index contributed by atoms with van der Waals surface area (Å²) in [6, 6.07) is 10.8. The van der Waals surface area contributed by atoms with Crippen LogP contribution in [0.5, 0.6) is 0 Å². The van der Waals surface area contributed by atoms with Crippen LogP contribution in [0.4, 0.5) is 10.2 Å². The van der Waals surface area contributed by atoms with Gasteiger partial charge in [0.15, 0.2) is 0 Å². The maximum Gasteiger partial charge on any atom is 0.250 e. The average molecular weight is 405 g/mol. The molecular weight excluding hydrogens is 389 g/mol. The zero-order valence-electron chi connectivity index (χ0n) is 14.1. The summed E-state index contributed by atoms with van der Waals surface area (Å²) in [5.74, 6) is -0.221. The van der Waals surface area contributed by atoms with Gasteiger partial charge in [-0.3, -0.25) is 0 Å². The molecule has 0 radical (unpaired) electrons. The van der Waals surface area contributed by atoms with Gasteiger partial charge in [-0.25, -0.2) is 22.2 Å². The number of sulfonamides is 1. The highest BCUT2D eigenvalue weighted by Gasteiger charge is 2.18. The van der Waals surface area contributed by atoms with Crippen molar-refractivity contribution < 1.29 is 12.8 Å². The van der Waals surface area contributed by atoms with Gasteiger partial charge in [-0.15, -0.1) is 11.3 Å². The molecule has 3 aromatic rings. The van der Waals surface area contributed by atoms with Crippen LogP contribution in [-0.2, 0) is 16.4 Å². The second kappa shape index (κ2) is 7.87. The molecule has 0 bridgehead atoms. The number of nitrogens with zero attached hydrogens (tertiary/aromatic N) is 3. The fourth-order valence-electron chi connectivity index (χ4n) is 2.50. The molecule has 0 saturated heterocycles. The lowest BCUT2D eigenvalue weighted by Crippen LogP contribution is -2.24. The Labute approximate surface area is 159 Å². The van der Waals surface area contributed by atoms with Gasteiger partial charge in [-0.1, -0.05) is 6.07 Å². The molecule has 0 saturated carbocycles. The second-order valence-corrected chi connectivity index (χ2v) is 8.58. The summed E-state index contributed by atoms with van der Waals surface area (Å²) in [6.07, 6.45) is 0.813. The summed E-state index contributed by atoms with van der Waals surface area (Å²) in [4.78, 5) is 0. The number of halogens is 1. The Bertz CT molecular complexity index is 1070. The van der Waals surface area contributed by atoms with Gasteiger partial charge in [0, 0.05) is 6.54 Å². The molecule has 0 atom stereocenters. The van der Waals surface area contributed by atoms with Crippen LogP contribution in [0.15, 0.2) is 46.0 Å². The molecule has 0 amide bonds. The van der Waals surface area contributed by atoms with E-state index in [1.54, 1.807) is 11.4 Å². The molecule has 0 spiro atoms. The van der Waals surface area contributed by atoms with E-state index in [1.807, 2.05) is 6.07 Å². The molecule has 140 valence electrons. The van der Waals surface area contributed by atoms with Gasteiger partial charge >= 0.3 is 0 Å². The Balaban J connectivity index is 1.69. The number of hydrogen-bond donors (Lipinski definition) is 2. The van der Waals surface area contributed by atoms with Gasteiger partial charge in [0.25, 0.3) is 0 Å². The van der Waals surface area contributed by atoms with Crippen molar-refractivity contribution in [1.82, 2.24) is 14.5 Å². The van der Waals surface area contributed by atoms with Crippen molar-refractivity contribution in [2.24, 2.45) is 0 Å². The fraction of sp³-hybridized carbons (Fsp3) is 0.176. The predicted molar refractivity (Wildman–Crippen MR) is 100 cm³/mol. The van der Waals surface area contributed by atoms with Gasteiger partial charge in [-0.2, -0.15) is 10.4 Å². The van der Waals surface area contributed by atoms with Crippen LogP contribution < -0.4 is 10.5 Å². The van der Waals surface area contributed by atoms with E-state index in [-0.39, 0.29) is 28.0 Å². The van der Waals surface area contributed by atoms with Gasteiger partial charge in [0.2, 0.25) is 10.0 Å². The zero-order chi connectivity index (χ0) is 19.4. The van der Waals surface area contributed by atoms with Crippen LogP contribution in [0.2, 0.25) is 0 Å². The first-order chi connectivity index (χ1) is 12.9. The minimum atomic E-state index is -3.52. The summed E-state index contributed by atoms with van der Waals surface area (Å²) in [5.41, 5.74) is 7.24. The maximum absolute atomic E-state index is 13.1. The third-order valence-electron chi connectivity index (χ3n) is 3.82. The molecule has 3 rings (SSSR count). The number of aromatic nitrogens is 2. The van der Waals surface area contributed by atoms with Gasteiger partial charge < -0.3 is 5.73 Å². The third-order valence-corrected chi connectivity index (χ3v) is 6.68. The number of rotatable bonds is 7. The number of nitriles is 1. The molecule has 3 N–H and O–H groups in total. The van der Waals surface area contributed by atoms with Crippen molar-refractivity contribution in [3.8, 4) is 11.8 Å². The summed E-state index contributed by atoms with van der Waals surface area (Å²) >= 11 is 1.14. The lowest BCUT2D eigenvalue weighted by atomic mass is 10.1. The number of hydrogen-bond acceptors (Lipinski definition) is 6. The van der Waals surface area contributed by atoms with Crippen molar-refractivity contribution in [1.29, 1.82) is 5.26 Å². The van der Waals surface area contributed by atoms with Gasteiger partial charge in [0.05, 0.1) is 11.4 Å². The standard InChI is InChI=1S/C17H16FN5O2S2/c18-12-5-7-13(8-6-12)23-17(20)14(11-19)15(22-23)3-1-9-21-27(24,25)16-4-2-10-26-16/h2,4-8,10,21H,1,3,9,20H2. The SMILES string of the molecule is N#Cc1c(CCCNS(=O)(=O)c2cccs2)nn(-c2ccc(F)cc2)c1N. The number of benzene rings is 1. The van der Waals surface area contributed by atoms with Crippen molar-refractivity contribution in [3.05, 3.63) is 58.9 Å². The average Bonchev–Trinajstić information content (AvgIpc) is 3.28. The highest BCUT2D eigenvalue weighted by molar-refractivity contribution is 7.91. The van der Waals surface area contributed by atoms with Crippen LogP contribution in [0.1, 0.15) is 17.7 Å². The number of nitrogens with one attached hydrogen (secondary N) is 1. The Morgan fingerprint density at radius 2 is 2.04 bits per heavy atom. The predicted octanol–water partition coefficient (Wildman–Crippen LogP) is 2.44. The first kappa shape index (κ1) is 19.0. The van der Waals surface area contributed by atoms with Crippen LogP contribution in [0.3, 0.4) is 0 Å². The first-order valence-electron chi connectivity index (χ1n) is 7.99. The Kier molecular flexibility index (Phi) is 5.55. The maximum atomic E-state index is 13.1. The van der Waals surface area contributed by atoms with E-state index < -0.39 is 10.0 Å². The van der Waals surface area contributed by atoms with E-state index in [2.05, 4.69) is 9.82 Å². The summed E-state index contributed by atoms with van der Waals surface area (Å²) in [6.45, 7) is 0.203. The number of aryl methyl sites for hydroxylation is 1. The van der Waals surface area contributed by atoms with E-state index in [0.717, 1.165) is 11.3 Å². The quantitative estimate of drug-likeness (QED) is 0.586. The summed E-state index contributed by atoms with van der Waals surface area (Å²) in [5, 5.41) is 15.4. The summed E-state index contributed by atoms with van der Waals surface area (Å²) in [7, 11) is -3.52. The fourth-order valence-corrected chi connectivity index (χ4v) is 4.62. The highest BCUT2D eigenvalue weighted by atomic mass is 32.2. The third kappa shape index (κ3) is 4.16. The molecule has 0 aliphatic heterocycles. The minimum Gasteiger partial charge on any atom is -0.382 e. The van der Waals surface area contributed by atoms with E-state index in [4.69, 9.17) is 5.73 Å². The second-order valence-electron chi connectivity index (χ2n) is 5.64. The number of thiophene rings is 1. The van der Waals surface area contributed by atoms with Crippen LogP contribution in [0, 0.1) is 17.1 Å². The largest absolute Gasteiger partial charge is 0.382 e. The highest BCUT2D eigenvalue weighted by Crippen LogP contribution is 2.22. The molecule has 2 heterocycles. The zero-order valence-corrected chi connectivity index (χ0v) is 15.7. The number of anilines is 1. The molecule has 0 aliphatic rings. The lowest BCUT2D eigenvalue weighted by molar-refractivity contribution is 0.580. The number of nitrogen functional groups attached to an aromatic ring is 1. The first-order valence-corrected chi connectivity index (χ1v) is 10.4. The lowest BCUT2D eigenvalue weighted by Gasteiger charge is -2.04. The molecular formula is C17H16FN5O2S2. The molecule has 27 heavy (non-hydrogen) atoms. The van der Waals surface area contributed by atoms with E-state index in [9.17, 15) is 18.1 Å². The van der Waals surface area contributed by atoms with E-state index in [0.29, 0.717) is 24.2 Å². The molecule has 2 aromatic heterocycles. The Hall–Kier alpha value is -2.74. The molecule has 0 unspecified atom stereocenters. The van der Waals surface area contributed by atoms with Crippen LogP contribution >= 0.6 is 11.3 Å². The molecule has 0 fully saturated rings. The summed E-state index contributed by atoms with van der Waals surface area (Å²) < 4.78 is 41.4. The topological polar surface area (TPSA) is 114 Å². The van der Waals surface area contributed by atoms with Gasteiger partial charge in [-0.05, 0) is 48.6 Å². The van der Waals surface area contributed by atoms with Crippen molar-refractivity contribution in [3.63, 3.8) is 0 Å². The van der Waals surface area contributed by atoms with E-state index >= 15 is 0 Å². The monoisotopic (exact) mass is 405 g/mol. The van der Waals surface area contributed by atoms with Crippen LogP contribution in [-0.4, -0.2) is 24.7 Å². The van der Waals surface area contributed by atoms with Gasteiger partial charge in [0.1, 0.15) is 27.5 Å². The van der Waals surface area contributed by atoms with Crippen molar-refractivity contribution in [2.45, 2.75) is 17.1 Å². The molecule has 10 heteroatoms. The van der Waals surface area contributed by atoms with Crippen LogP contribution in [0.25, 0.3) is 5.69 Å². The smallest absolute Gasteiger partial charge is 0.250 e. The van der Waals surface area contributed by atoms with Crippen molar-refractivity contribution >= 4 is 27.2 Å². The molecule has 0 aliphatic carbocycles. The Morgan fingerprint density at radius 3 is 2.67 bits per heavy atom. The van der Waals surface area contributed by atoms with E-state index in [1.165, 1.54) is 35.0 Å². The number of nitrogens with two attached hydrogens (primary N) is 1. The molecule has 7 nitrogen and oxygen atoms in total. The molecule has 1 aromatic carbocycles. The van der Waals surface area contributed by atoms with Crippen molar-refractivity contribution in [2.75, 3.05) is 12.3 Å². The Morgan fingerprint density at radius 1 is 1.30 bits per heavy atom.